The molecule has 4 aromatic rings. The quantitative estimate of drug-likeness (QED) is 0.103. The number of aliphatic hydroxyl groups excluding tert-OH is 1. The van der Waals surface area contributed by atoms with Crippen LogP contribution in [-0.2, 0) is 23.8 Å². The number of nitrogens with one attached hydrogen (secondary N) is 2. The molecule has 2 aromatic carbocycles. The zero-order chi connectivity index (χ0) is 31.6. The number of hydrogen-bond acceptors (Lipinski definition) is 5. The summed E-state index contributed by atoms with van der Waals surface area (Å²) < 4.78 is 1.58. The van der Waals surface area contributed by atoms with Crippen LogP contribution in [0.5, 0.6) is 0 Å². The summed E-state index contributed by atoms with van der Waals surface area (Å²) >= 11 is 0. The van der Waals surface area contributed by atoms with E-state index in [1.54, 1.807) is 4.57 Å². The second-order valence-corrected chi connectivity index (χ2v) is 12.9. The van der Waals surface area contributed by atoms with Crippen molar-refractivity contribution < 1.29 is 5.11 Å². The van der Waals surface area contributed by atoms with Gasteiger partial charge in [0, 0.05) is 42.4 Å². The molecule has 0 aliphatic heterocycles. The predicted octanol–water partition coefficient (Wildman–Crippen LogP) is 4.67. The van der Waals surface area contributed by atoms with E-state index in [1.165, 1.54) is 11.1 Å². The van der Waals surface area contributed by atoms with Crippen LogP contribution in [0, 0.1) is 0 Å². The molecule has 232 valence electrons. The zero-order valence-corrected chi connectivity index (χ0v) is 26.6. The van der Waals surface area contributed by atoms with Gasteiger partial charge in [-0.2, -0.15) is 4.98 Å². The second kappa shape index (κ2) is 15.0. The van der Waals surface area contributed by atoms with E-state index >= 15 is 0 Å². The lowest BCUT2D eigenvalue weighted by atomic mass is 9.86. The summed E-state index contributed by atoms with van der Waals surface area (Å²) in [5.74, 6) is 0.123. The van der Waals surface area contributed by atoms with Crippen molar-refractivity contribution in [2.24, 2.45) is 16.5 Å². The van der Waals surface area contributed by atoms with Crippen LogP contribution in [0.2, 0.25) is 0 Å². The summed E-state index contributed by atoms with van der Waals surface area (Å²) in [7, 11) is 0. The van der Waals surface area contributed by atoms with Gasteiger partial charge in [-0.1, -0.05) is 77.9 Å². The van der Waals surface area contributed by atoms with Crippen LogP contribution in [0.15, 0.2) is 70.6 Å². The number of nitrogens with zero attached hydrogens (tertiary/aromatic N) is 3. The van der Waals surface area contributed by atoms with E-state index < -0.39 is 0 Å². The summed E-state index contributed by atoms with van der Waals surface area (Å²) in [5.41, 5.74) is 16.8. The Hall–Kier alpha value is -3.95. The minimum absolute atomic E-state index is 0.0352. The monoisotopic (exact) mass is 587 g/mol. The summed E-state index contributed by atoms with van der Waals surface area (Å²) in [6.07, 6.45) is 4.53. The molecule has 0 unspecified atom stereocenters. The Labute approximate surface area is 255 Å². The molecule has 0 radical (unpaired) electrons. The number of aliphatic hydroxyl groups is 1. The topological polar surface area (TPSA) is 147 Å². The highest BCUT2D eigenvalue weighted by Crippen LogP contribution is 2.25. The van der Waals surface area contributed by atoms with Gasteiger partial charge in [-0.05, 0) is 66.1 Å². The Bertz CT molecular complexity index is 1530. The molecule has 0 bridgehead atoms. The lowest BCUT2D eigenvalue weighted by molar-refractivity contribution is 0.288. The fourth-order valence-electron chi connectivity index (χ4n) is 4.48. The van der Waals surface area contributed by atoms with Gasteiger partial charge in [-0.25, -0.2) is 4.79 Å². The van der Waals surface area contributed by atoms with Crippen molar-refractivity contribution in [2.45, 2.75) is 78.2 Å². The minimum atomic E-state index is -0.301. The molecule has 0 atom stereocenters. The van der Waals surface area contributed by atoms with Crippen LogP contribution in [0.3, 0.4) is 0 Å². The van der Waals surface area contributed by atoms with Gasteiger partial charge in [0.1, 0.15) is 5.65 Å². The number of nitrogens with two attached hydrogens (primary N) is 2. The van der Waals surface area contributed by atoms with E-state index in [4.69, 9.17) is 16.6 Å². The van der Waals surface area contributed by atoms with Crippen molar-refractivity contribution in [3.63, 3.8) is 0 Å². The average Bonchev–Trinajstić information content (AvgIpc) is 3.37. The van der Waals surface area contributed by atoms with E-state index in [-0.39, 0.29) is 29.1 Å². The largest absolute Gasteiger partial charge is 0.396 e. The molecule has 0 amide bonds. The maximum absolute atomic E-state index is 12.5. The second-order valence-electron chi connectivity index (χ2n) is 12.9. The van der Waals surface area contributed by atoms with Crippen molar-refractivity contribution >= 4 is 17.0 Å². The molecule has 0 aliphatic carbocycles. The van der Waals surface area contributed by atoms with Crippen molar-refractivity contribution in [3.05, 3.63) is 93.7 Å². The van der Waals surface area contributed by atoms with Crippen LogP contribution in [0.4, 0.5) is 0 Å². The van der Waals surface area contributed by atoms with Crippen LogP contribution in [0.25, 0.3) is 16.7 Å². The number of hydrogen-bond donors (Lipinski definition) is 5. The Kier molecular flexibility index (Phi) is 11.7. The van der Waals surface area contributed by atoms with Gasteiger partial charge in [0.05, 0.1) is 5.69 Å². The van der Waals surface area contributed by atoms with Crippen LogP contribution in [0.1, 0.15) is 76.8 Å². The molecule has 0 aliphatic rings. The Morgan fingerprint density at radius 2 is 1.70 bits per heavy atom. The van der Waals surface area contributed by atoms with E-state index in [0.29, 0.717) is 12.2 Å². The molecule has 9 nitrogen and oxygen atoms in total. The number of H-pyrrole nitrogens is 1. The predicted molar refractivity (Wildman–Crippen MR) is 178 cm³/mol. The number of benzene rings is 2. The van der Waals surface area contributed by atoms with Crippen LogP contribution < -0.4 is 22.5 Å². The third-order valence-corrected chi connectivity index (χ3v) is 7.08. The maximum Gasteiger partial charge on any atom is 0.354 e. The first-order valence-electron chi connectivity index (χ1n) is 15.0. The standard InChI is InChI=1S/C21H29N7O.C13H20O/c1-21(2,3)17-11-15-13-28(20(29)27-18(15)26-17)16-7-5-14(6-8-16)12-24-9-4-10-25-19(22)23;1-13(2,3)12-8-4-6-11(10-12)7-5-9-14/h5-8,11,13,24H,4,9-10,12H2,1-3H3,(H4,22,23,25)(H,26,27,29);4,6,8,10,14H,5,7,9H2,1-3H3. The number of aliphatic imine (C=N–C) groups is 1. The highest BCUT2D eigenvalue weighted by molar-refractivity contribution is 5.76. The fraction of sp³-hybridized carbons (Fsp3) is 0.441. The number of aryl methyl sites for hydroxylation is 1. The first kappa shape index (κ1) is 33.6. The molecule has 0 saturated heterocycles. The van der Waals surface area contributed by atoms with E-state index in [2.05, 4.69) is 92.2 Å². The normalized spacial score (nSPS) is 11.7. The van der Waals surface area contributed by atoms with Crippen molar-refractivity contribution in [2.75, 3.05) is 19.7 Å². The number of fused-ring (bicyclic) bond motifs is 1. The Balaban J connectivity index is 0.000000303. The maximum atomic E-state index is 12.5. The van der Waals surface area contributed by atoms with Gasteiger partial charge in [0.25, 0.3) is 0 Å². The highest BCUT2D eigenvalue weighted by Gasteiger charge is 2.17. The van der Waals surface area contributed by atoms with E-state index in [9.17, 15) is 4.79 Å². The van der Waals surface area contributed by atoms with Gasteiger partial charge >= 0.3 is 5.69 Å². The minimum Gasteiger partial charge on any atom is -0.396 e. The number of guanidine groups is 1. The number of aromatic amines is 1. The lowest BCUT2D eigenvalue weighted by Gasteiger charge is -2.19. The third kappa shape index (κ3) is 10.4. The molecule has 43 heavy (non-hydrogen) atoms. The Morgan fingerprint density at radius 1 is 0.977 bits per heavy atom. The first-order valence-corrected chi connectivity index (χ1v) is 15.0. The molecular weight excluding hydrogens is 538 g/mol. The van der Waals surface area contributed by atoms with Crippen molar-refractivity contribution in [1.82, 2.24) is 19.9 Å². The van der Waals surface area contributed by atoms with Crippen molar-refractivity contribution in [1.29, 1.82) is 0 Å². The van der Waals surface area contributed by atoms with Gasteiger partial charge in [0.15, 0.2) is 5.96 Å². The van der Waals surface area contributed by atoms with Gasteiger partial charge in [0.2, 0.25) is 0 Å². The van der Waals surface area contributed by atoms with Crippen molar-refractivity contribution in [3.8, 4) is 5.69 Å². The molecule has 0 saturated carbocycles. The number of rotatable bonds is 10. The SMILES string of the molecule is CC(C)(C)c1cc2cn(-c3ccc(CNCCCN=C(N)N)cc3)c(=O)nc2[nH]1.CC(C)(C)c1cccc(CCCO)c1. The van der Waals surface area contributed by atoms with Crippen LogP contribution >= 0.6 is 0 Å². The van der Waals surface area contributed by atoms with Crippen LogP contribution in [-0.4, -0.2) is 45.3 Å². The molecule has 7 N–H and O–H groups in total. The highest BCUT2D eigenvalue weighted by atomic mass is 16.2. The first-order chi connectivity index (χ1) is 20.3. The third-order valence-electron chi connectivity index (χ3n) is 7.08. The summed E-state index contributed by atoms with van der Waals surface area (Å²) in [4.78, 5) is 23.9. The van der Waals surface area contributed by atoms with E-state index in [1.807, 2.05) is 30.5 Å². The number of aromatic nitrogens is 3. The molecule has 9 heteroatoms. The summed E-state index contributed by atoms with van der Waals surface area (Å²) in [6, 6.07) is 18.6. The van der Waals surface area contributed by atoms with Gasteiger partial charge in [-0.15, -0.1) is 0 Å². The molecule has 0 fully saturated rings. The van der Waals surface area contributed by atoms with Gasteiger partial charge < -0.3 is 26.9 Å². The van der Waals surface area contributed by atoms with Gasteiger partial charge in [-0.3, -0.25) is 9.56 Å². The average molecular weight is 588 g/mol. The fourth-order valence-corrected chi connectivity index (χ4v) is 4.48. The smallest absolute Gasteiger partial charge is 0.354 e. The van der Waals surface area contributed by atoms with E-state index in [0.717, 1.165) is 54.7 Å². The molecule has 2 heterocycles. The molecular formula is C34H49N7O2. The molecule has 0 spiro atoms. The Morgan fingerprint density at radius 3 is 2.33 bits per heavy atom. The summed E-state index contributed by atoms with van der Waals surface area (Å²) in [5, 5.41) is 13.0. The molecule has 4 rings (SSSR count). The molecule has 2 aromatic heterocycles. The summed E-state index contributed by atoms with van der Waals surface area (Å²) in [6.45, 7) is 15.5. The lowest BCUT2D eigenvalue weighted by Crippen LogP contribution is -2.23. The zero-order valence-electron chi connectivity index (χ0n) is 26.6.